The fourth-order valence-corrected chi connectivity index (χ4v) is 1.38. The van der Waals surface area contributed by atoms with Gasteiger partial charge in [0.05, 0.1) is 6.61 Å². The minimum atomic E-state index is -5.27. The summed E-state index contributed by atoms with van der Waals surface area (Å²) in [6.07, 6.45) is -8.78. The van der Waals surface area contributed by atoms with E-state index in [4.69, 9.17) is 30.6 Å². The van der Waals surface area contributed by atoms with E-state index < -0.39 is 46.6 Å². The zero-order valence-electron chi connectivity index (χ0n) is 8.91. The number of aliphatic hydroxyl groups is 6. The Hall–Kier alpha value is 1.31. The van der Waals surface area contributed by atoms with Gasteiger partial charge in [0, 0.05) is 0 Å². The number of hydrogen-bond donors (Lipinski definition) is 6. The Labute approximate surface area is 140 Å². The average molecular weight is 300 g/mol. The molecule has 0 fully saturated rings. The second-order valence-corrected chi connectivity index (χ2v) is 4.57. The van der Waals surface area contributed by atoms with E-state index in [1.54, 1.807) is 0 Å². The van der Waals surface area contributed by atoms with Gasteiger partial charge in [-0.25, -0.2) is 8.42 Å². The molecule has 0 unspecified atom stereocenters. The Kier molecular flexibility index (Phi) is 10.3. The maximum Gasteiger partial charge on any atom is 1.00 e. The zero-order chi connectivity index (χ0) is 13.1. The Morgan fingerprint density at radius 1 is 0.941 bits per heavy atom. The molecule has 98 valence electrons. The zero-order valence-corrected chi connectivity index (χ0v) is 12.8. The van der Waals surface area contributed by atoms with Gasteiger partial charge >= 0.3 is 51.4 Å². The summed E-state index contributed by atoms with van der Waals surface area (Å²) in [5, 5.41) is 53.1. The van der Waals surface area contributed by atoms with Crippen molar-refractivity contribution >= 4 is 10.1 Å². The van der Waals surface area contributed by atoms with Crippen LogP contribution in [0.15, 0.2) is 0 Å². The van der Waals surface area contributed by atoms with Gasteiger partial charge in [-0.3, -0.25) is 0 Å². The summed E-state index contributed by atoms with van der Waals surface area (Å²) in [7, 11) is -5.27. The van der Waals surface area contributed by atoms with E-state index in [0.717, 1.165) is 0 Å². The average Bonchev–Trinajstić information content (AvgIpc) is 2.22. The van der Waals surface area contributed by atoms with Crippen LogP contribution >= 0.6 is 0 Å². The van der Waals surface area contributed by atoms with Crippen LogP contribution in [-0.4, -0.2) is 80.1 Å². The maximum atomic E-state index is 10.3. The molecule has 17 heavy (non-hydrogen) atoms. The van der Waals surface area contributed by atoms with Crippen molar-refractivity contribution in [3.05, 3.63) is 0 Å². The molecule has 0 aromatic rings. The Morgan fingerprint density at radius 3 is 1.65 bits per heavy atom. The van der Waals surface area contributed by atoms with Crippen molar-refractivity contribution in [2.45, 2.75) is 29.9 Å². The first-order chi connectivity index (χ1) is 7.12. The molecule has 0 bridgehead atoms. The van der Waals surface area contributed by atoms with E-state index in [0.29, 0.717) is 0 Å². The van der Waals surface area contributed by atoms with Crippen LogP contribution in [0.25, 0.3) is 0 Å². The first kappa shape index (κ1) is 20.6. The van der Waals surface area contributed by atoms with Gasteiger partial charge in [0.15, 0.2) is 5.44 Å². The van der Waals surface area contributed by atoms with Gasteiger partial charge in [-0.1, -0.05) is 0 Å². The van der Waals surface area contributed by atoms with Crippen LogP contribution in [0.3, 0.4) is 0 Å². The van der Waals surface area contributed by atoms with E-state index in [9.17, 15) is 13.0 Å². The van der Waals surface area contributed by atoms with Crippen molar-refractivity contribution < 1.29 is 95.0 Å². The van der Waals surface area contributed by atoms with E-state index >= 15 is 0 Å². The number of aliphatic hydroxyl groups excluding tert-OH is 6. The van der Waals surface area contributed by atoms with Crippen molar-refractivity contribution in [3.8, 4) is 0 Å². The van der Waals surface area contributed by atoms with Crippen LogP contribution in [0.2, 0.25) is 0 Å². The molecule has 9 nitrogen and oxygen atoms in total. The summed E-state index contributed by atoms with van der Waals surface area (Å²) in [6.45, 7) is -0.967. The van der Waals surface area contributed by atoms with Crippen LogP contribution < -0.4 is 51.4 Å². The van der Waals surface area contributed by atoms with Gasteiger partial charge in [-0.2, -0.15) is 0 Å². The third kappa shape index (κ3) is 6.33. The molecular weight excluding hydrogens is 287 g/mol. The summed E-state index contributed by atoms with van der Waals surface area (Å²) >= 11 is 0. The molecule has 0 spiro atoms. The monoisotopic (exact) mass is 300 g/mol. The fraction of sp³-hybridized carbons (Fsp3) is 1.00. The normalized spacial score (nSPS) is 20.9. The molecule has 0 aliphatic heterocycles. The Bertz CT molecular complexity index is 307. The van der Waals surface area contributed by atoms with Crippen molar-refractivity contribution in [1.82, 2.24) is 0 Å². The van der Waals surface area contributed by atoms with Gasteiger partial charge in [0.25, 0.3) is 0 Å². The van der Waals surface area contributed by atoms with Gasteiger partial charge in [-0.05, 0) is 0 Å². The van der Waals surface area contributed by atoms with Crippen LogP contribution in [0, 0.1) is 0 Å². The van der Waals surface area contributed by atoms with Crippen molar-refractivity contribution in [3.63, 3.8) is 0 Å². The van der Waals surface area contributed by atoms with Crippen LogP contribution in [-0.2, 0) is 10.1 Å². The van der Waals surface area contributed by atoms with E-state index in [-0.39, 0.29) is 51.4 Å². The van der Waals surface area contributed by atoms with Gasteiger partial charge in [0.2, 0.25) is 0 Å². The molecule has 5 atom stereocenters. The standard InChI is InChI=1S/C6H14O9S.K/c7-1-2(8)3(9)4(10)5(11)6(12)16(13,14)15;/h2-12H,1H2,(H,13,14,15);/q;+1/p-1/t2-,3-,4+,5+,6+;/m1./s1. The fourth-order valence-electron chi connectivity index (χ4n) is 0.877. The molecule has 0 aromatic carbocycles. The Balaban J connectivity index is 0. The van der Waals surface area contributed by atoms with Crippen LogP contribution in [0.4, 0.5) is 0 Å². The minimum absolute atomic E-state index is 0. The minimum Gasteiger partial charge on any atom is -0.746 e. The van der Waals surface area contributed by atoms with Crippen LogP contribution in [0.1, 0.15) is 0 Å². The molecule has 0 saturated heterocycles. The quantitative estimate of drug-likeness (QED) is 0.205. The summed E-state index contributed by atoms with van der Waals surface area (Å²) < 4.78 is 30.8. The Morgan fingerprint density at radius 2 is 1.35 bits per heavy atom. The van der Waals surface area contributed by atoms with E-state index in [1.165, 1.54) is 0 Å². The van der Waals surface area contributed by atoms with E-state index in [2.05, 4.69) is 0 Å². The predicted molar refractivity (Wildman–Crippen MR) is 46.8 cm³/mol. The van der Waals surface area contributed by atoms with Crippen molar-refractivity contribution in [2.75, 3.05) is 6.61 Å². The molecule has 0 rings (SSSR count). The molecule has 0 aliphatic rings. The summed E-state index contributed by atoms with van der Waals surface area (Å²) in [5.74, 6) is 0. The first-order valence-corrected chi connectivity index (χ1v) is 5.56. The van der Waals surface area contributed by atoms with Crippen molar-refractivity contribution in [2.24, 2.45) is 0 Å². The molecule has 0 saturated carbocycles. The third-order valence-corrected chi connectivity index (χ3v) is 2.74. The molecule has 0 amide bonds. The third-order valence-electron chi connectivity index (χ3n) is 1.87. The molecule has 11 heteroatoms. The smallest absolute Gasteiger partial charge is 0.746 e. The second-order valence-electron chi connectivity index (χ2n) is 3.11. The first-order valence-electron chi connectivity index (χ1n) is 4.08. The summed E-state index contributed by atoms with van der Waals surface area (Å²) in [4.78, 5) is 0. The maximum absolute atomic E-state index is 10.3. The molecule has 0 aliphatic carbocycles. The summed E-state index contributed by atoms with van der Waals surface area (Å²) in [6, 6.07) is 0. The second kappa shape index (κ2) is 8.47. The molecule has 0 aromatic heterocycles. The van der Waals surface area contributed by atoms with Crippen molar-refractivity contribution in [1.29, 1.82) is 0 Å². The van der Waals surface area contributed by atoms with E-state index in [1.807, 2.05) is 0 Å². The van der Waals surface area contributed by atoms with Gasteiger partial charge < -0.3 is 35.2 Å². The van der Waals surface area contributed by atoms with Crippen LogP contribution in [0.5, 0.6) is 0 Å². The summed E-state index contributed by atoms with van der Waals surface area (Å²) in [5.41, 5.74) is -2.84. The molecule has 0 heterocycles. The van der Waals surface area contributed by atoms with Gasteiger partial charge in [-0.15, -0.1) is 0 Å². The van der Waals surface area contributed by atoms with Gasteiger partial charge in [0.1, 0.15) is 34.5 Å². The molecular formula is C6H13KO9S. The molecule has 6 N–H and O–H groups in total. The molecule has 0 radical (unpaired) electrons. The number of hydrogen-bond acceptors (Lipinski definition) is 9. The largest absolute Gasteiger partial charge is 1.00 e. The SMILES string of the molecule is O=S(=O)([O-])[C@H](O)[C@@H](O)[C@@H](O)[C@H](O)[C@H](O)CO.[K+]. The predicted octanol–water partition coefficient (Wildman–Crippen LogP) is -7.71. The topological polar surface area (TPSA) is 179 Å². The number of rotatable bonds is 6.